The van der Waals surface area contributed by atoms with Crippen LogP contribution in [0, 0.1) is 0 Å². The van der Waals surface area contributed by atoms with Crippen molar-refractivity contribution in [2.24, 2.45) is 0 Å². The summed E-state index contributed by atoms with van der Waals surface area (Å²) in [4.78, 5) is 16.7. The quantitative estimate of drug-likeness (QED) is 0.524. The molecule has 2 heterocycles. The van der Waals surface area contributed by atoms with Crippen molar-refractivity contribution >= 4 is 22.0 Å². The van der Waals surface area contributed by atoms with Crippen molar-refractivity contribution in [3.63, 3.8) is 0 Å². The normalized spacial score (nSPS) is 12.0. The van der Waals surface area contributed by atoms with Crippen LogP contribution in [0.3, 0.4) is 0 Å². The zero-order chi connectivity index (χ0) is 14.4. The smallest absolute Gasteiger partial charge is 0.410 e. The Labute approximate surface area is 176 Å². The Hall–Kier alpha value is 0.00390. The zero-order valence-electron chi connectivity index (χ0n) is 12.5. The van der Waals surface area contributed by atoms with E-state index in [4.69, 9.17) is 4.74 Å². The van der Waals surface area contributed by atoms with E-state index in [2.05, 4.69) is 34.8 Å². The number of cyclic esters (lactones) is 1. The van der Waals surface area contributed by atoms with Crippen LogP contribution in [0.4, 0.5) is 4.79 Å². The molecule has 1 aliphatic rings. The Morgan fingerprint density at radius 2 is 1.74 bits per heavy atom. The molecule has 0 aromatic carbocycles. The number of carbonyl (C=O) groups excluding carboxylic acids is 1. The standard InChI is InChI=1S/C8H10BrN.C6H11NO2.3CH4.Y/c1-6(2)7-4-3-5-8(9)10-7;1-5(2)7-3-4-9-6(7)8;;;;/h3-6H,1-2H3;5H,3-4H2,1-2H3;3*1H4;. The first-order valence-corrected chi connectivity index (χ1v) is 7.27. The van der Waals surface area contributed by atoms with Crippen molar-refractivity contribution in [3.05, 3.63) is 28.5 Å². The number of aromatic nitrogens is 1. The fraction of sp³-hybridized carbons (Fsp3) is 0.647. The molecule has 133 valence electrons. The molecule has 1 fully saturated rings. The summed E-state index contributed by atoms with van der Waals surface area (Å²) in [7, 11) is 0. The molecule has 1 amide bonds. The molecule has 1 aliphatic heterocycles. The van der Waals surface area contributed by atoms with E-state index < -0.39 is 0 Å². The molecule has 0 unspecified atom stereocenters. The van der Waals surface area contributed by atoms with Gasteiger partial charge in [-0.15, -0.1) is 0 Å². The van der Waals surface area contributed by atoms with Crippen molar-refractivity contribution in [2.45, 2.75) is 61.9 Å². The van der Waals surface area contributed by atoms with Crippen LogP contribution in [0.5, 0.6) is 0 Å². The monoisotopic (exact) mass is 465 g/mol. The summed E-state index contributed by atoms with van der Waals surface area (Å²) in [5.74, 6) is 0.512. The van der Waals surface area contributed by atoms with Gasteiger partial charge in [0.1, 0.15) is 11.2 Å². The minimum absolute atomic E-state index is 0. The van der Waals surface area contributed by atoms with Gasteiger partial charge in [0.15, 0.2) is 0 Å². The Morgan fingerprint density at radius 3 is 2.00 bits per heavy atom. The molecule has 4 nitrogen and oxygen atoms in total. The van der Waals surface area contributed by atoms with Gasteiger partial charge in [-0.1, -0.05) is 42.2 Å². The van der Waals surface area contributed by atoms with Gasteiger partial charge in [0.25, 0.3) is 0 Å². The summed E-state index contributed by atoms with van der Waals surface area (Å²) < 4.78 is 5.63. The van der Waals surface area contributed by atoms with Gasteiger partial charge in [0.05, 0.1) is 6.54 Å². The number of rotatable bonds is 2. The fourth-order valence-electron chi connectivity index (χ4n) is 1.62. The third kappa shape index (κ3) is 11.2. The van der Waals surface area contributed by atoms with E-state index in [1.54, 1.807) is 4.90 Å². The van der Waals surface area contributed by atoms with E-state index in [0.717, 1.165) is 16.8 Å². The largest absolute Gasteiger partial charge is 0.448 e. The molecule has 1 saturated heterocycles. The molecular formula is C17H33BrN2O2Y. The third-order valence-electron chi connectivity index (χ3n) is 2.74. The number of carbonyl (C=O) groups is 1. The molecule has 23 heavy (non-hydrogen) atoms. The number of halogens is 1. The van der Waals surface area contributed by atoms with Gasteiger partial charge in [-0.05, 0) is 47.8 Å². The Balaban J connectivity index is -0.000000134. The first-order valence-electron chi connectivity index (χ1n) is 6.47. The maximum absolute atomic E-state index is 10.7. The Kier molecular flexibility index (Phi) is 20.8. The van der Waals surface area contributed by atoms with Crippen LogP contribution in [0.25, 0.3) is 0 Å². The van der Waals surface area contributed by atoms with E-state index in [1.807, 2.05) is 32.0 Å². The van der Waals surface area contributed by atoms with Crippen LogP contribution in [-0.4, -0.2) is 35.2 Å². The number of nitrogens with zero attached hydrogens (tertiary/aromatic N) is 2. The van der Waals surface area contributed by atoms with Crippen LogP contribution in [-0.2, 0) is 37.4 Å². The first kappa shape index (κ1) is 30.8. The third-order valence-corrected chi connectivity index (χ3v) is 3.19. The topological polar surface area (TPSA) is 42.4 Å². The number of amides is 1. The molecule has 1 aromatic heterocycles. The first-order chi connectivity index (χ1) is 8.91. The molecule has 0 aliphatic carbocycles. The molecule has 0 saturated carbocycles. The summed E-state index contributed by atoms with van der Waals surface area (Å²) >= 11 is 3.32. The number of ether oxygens (including phenoxy) is 1. The van der Waals surface area contributed by atoms with Gasteiger partial charge in [0, 0.05) is 44.4 Å². The number of hydrogen-bond donors (Lipinski definition) is 0. The van der Waals surface area contributed by atoms with Gasteiger partial charge < -0.3 is 9.64 Å². The van der Waals surface area contributed by atoms with Gasteiger partial charge in [-0.3, -0.25) is 0 Å². The van der Waals surface area contributed by atoms with Crippen LogP contribution < -0.4 is 0 Å². The number of pyridine rings is 1. The van der Waals surface area contributed by atoms with Crippen molar-refractivity contribution in [1.82, 2.24) is 9.88 Å². The molecular weight excluding hydrogens is 433 g/mol. The molecule has 0 atom stereocenters. The average molecular weight is 466 g/mol. The van der Waals surface area contributed by atoms with E-state index in [-0.39, 0.29) is 67.1 Å². The van der Waals surface area contributed by atoms with Crippen LogP contribution in [0.1, 0.15) is 61.6 Å². The second-order valence-electron chi connectivity index (χ2n) is 4.94. The van der Waals surface area contributed by atoms with E-state index in [9.17, 15) is 4.79 Å². The second-order valence-corrected chi connectivity index (χ2v) is 5.75. The van der Waals surface area contributed by atoms with E-state index in [0.29, 0.717) is 12.5 Å². The van der Waals surface area contributed by atoms with Gasteiger partial charge >= 0.3 is 6.09 Å². The maximum atomic E-state index is 10.7. The molecule has 1 aromatic rings. The Morgan fingerprint density at radius 1 is 1.17 bits per heavy atom. The van der Waals surface area contributed by atoms with E-state index >= 15 is 0 Å². The zero-order valence-corrected chi connectivity index (χ0v) is 16.9. The average Bonchev–Trinajstić information content (AvgIpc) is 2.76. The minimum Gasteiger partial charge on any atom is -0.448 e. The Bertz CT molecular complexity index is 429. The summed E-state index contributed by atoms with van der Waals surface area (Å²) in [6.45, 7) is 9.52. The summed E-state index contributed by atoms with van der Waals surface area (Å²) in [5, 5.41) is 0. The maximum Gasteiger partial charge on any atom is 0.410 e. The van der Waals surface area contributed by atoms with Crippen molar-refractivity contribution in [2.75, 3.05) is 13.2 Å². The molecule has 0 N–H and O–H groups in total. The molecule has 2 rings (SSSR count). The van der Waals surface area contributed by atoms with Crippen LogP contribution >= 0.6 is 15.9 Å². The fourth-order valence-corrected chi connectivity index (χ4v) is 1.98. The van der Waals surface area contributed by atoms with Gasteiger partial charge in [-0.2, -0.15) is 0 Å². The van der Waals surface area contributed by atoms with Crippen LogP contribution in [0.15, 0.2) is 22.8 Å². The molecule has 0 spiro atoms. The molecule has 0 bridgehead atoms. The summed E-state index contributed by atoms with van der Waals surface area (Å²) in [5.41, 5.74) is 1.13. The van der Waals surface area contributed by atoms with Crippen LogP contribution in [0.2, 0.25) is 0 Å². The predicted molar refractivity (Wildman–Crippen MR) is 99.4 cm³/mol. The number of hydrogen-bond acceptors (Lipinski definition) is 3. The summed E-state index contributed by atoms with van der Waals surface area (Å²) in [6.07, 6.45) is -0.176. The minimum atomic E-state index is -0.176. The predicted octanol–water partition coefficient (Wildman–Crippen LogP) is 5.72. The van der Waals surface area contributed by atoms with Gasteiger partial charge in [0.2, 0.25) is 0 Å². The molecule has 1 radical (unpaired) electrons. The van der Waals surface area contributed by atoms with Gasteiger partial charge in [-0.25, -0.2) is 9.78 Å². The molecule has 6 heteroatoms. The SMILES string of the molecule is C.C.C.CC(C)N1CCOC1=O.CC(C)c1cccc(Br)n1.[Y]. The van der Waals surface area contributed by atoms with E-state index in [1.165, 1.54) is 0 Å². The van der Waals surface area contributed by atoms with Crippen molar-refractivity contribution < 1.29 is 42.2 Å². The summed E-state index contributed by atoms with van der Waals surface area (Å²) in [6, 6.07) is 6.26. The van der Waals surface area contributed by atoms with Crippen molar-refractivity contribution in [1.29, 1.82) is 0 Å². The van der Waals surface area contributed by atoms with Crippen molar-refractivity contribution in [3.8, 4) is 0 Å². The second kappa shape index (κ2) is 15.5.